The summed E-state index contributed by atoms with van der Waals surface area (Å²) in [4.78, 5) is 19.1. The molecule has 39 heavy (non-hydrogen) atoms. The van der Waals surface area contributed by atoms with Gasteiger partial charge in [0.15, 0.2) is 0 Å². The molecule has 1 aliphatic rings. The van der Waals surface area contributed by atoms with Crippen molar-refractivity contribution in [3.05, 3.63) is 77.1 Å². The number of nitrogens with one attached hydrogen (secondary N) is 1. The van der Waals surface area contributed by atoms with Crippen LogP contribution in [0.15, 0.2) is 65.6 Å². The Morgan fingerprint density at radius 2 is 1.82 bits per heavy atom. The molecule has 5 rings (SSSR count). The van der Waals surface area contributed by atoms with E-state index in [1.807, 2.05) is 49.9 Å². The van der Waals surface area contributed by atoms with Crippen molar-refractivity contribution < 1.29 is 14.3 Å². The highest BCUT2D eigenvalue weighted by atomic mass is 35.5. The Morgan fingerprint density at radius 1 is 1.08 bits per heavy atom. The maximum atomic E-state index is 9.18. The Labute approximate surface area is 240 Å². The lowest BCUT2D eigenvalue weighted by Crippen LogP contribution is -2.06. The second-order valence-corrected chi connectivity index (χ2v) is 11.5. The SMILES string of the molecule is CCC(c1ccc(SCC2CC2)cc1)c1nc2cc(-c3ccccc3OC(C)C)c(Cl)cc2[nH]1.CCOC=O. The number of ether oxygens (including phenoxy) is 2. The number of benzene rings is 3. The van der Waals surface area contributed by atoms with Crippen LogP contribution < -0.4 is 4.74 Å². The summed E-state index contributed by atoms with van der Waals surface area (Å²) in [5, 5.41) is 0.688. The third kappa shape index (κ3) is 7.80. The highest BCUT2D eigenvalue weighted by Gasteiger charge is 2.22. The Bertz CT molecular complexity index is 1370. The Morgan fingerprint density at radius 3 is 2.44 bits per heavy atom. The van der Waals surface area contributed by atoms with Crippen molar-refractivity contribution in [1.82, 2.24) is 9.97 Å². The van der Waals surface area contributed by atoms with Gasteiger partial charge >= 0.3 is 0 Å². The maximum absolute atomic E-state index is 9.18. The predicted molar refractivity (Wildman–Crippen MR) is 162 cm³/mol. The summed E-state index contributed by atoms with van der Waals surface area (Å²) in [6.45, 7) is 8.94. The van der Waals surface area contributed by atoms with Gasteiger partial charge in [-0.1, -0.05) is 48.9 Å². The second kappa shape index (κ2) is 13.9. The highest BCUT2D eigenvalue weighted by Crippen LogP contribution is 2.39. The fourth-order valence-corrected chi connectivity index (χ4v) is 5.77. The Kier molecular flexibility index (Phi) is 10.4. The van der Waals surface area contributed by atoms with Crippen LogP contribution in [0, 0.1) is 5.92 Å². The van der Waals surface area contributed by atoms with E-state index >= 15 is 0 Å². The fraction of sp³-hybridized carbons (Fsp3) is 0.375. The van der Waals surface area contributed by atoms with Crippen LogP contribution in [0.25, 0.3) is 22.2 Å². The lowest BCUT2D eigenvalue weighted by molar-refractivity contribution is -0.128. The number of imidazole rings is 1. The number of H-pyrrole nitrogens is 1. The zero-order valence-corrected chi connectivity index (χ0v) is 24.6. The van der Waals surface area contributed by atoms with E-state index in [1.165, 1.54) is 29.1 Å². The van der Waals surface area contributed by atoms with Crippen molar-refractivity contribution in [3.8, 4) is 16.9 Å². The minimum atomic E-state index is 0.0875. The van der Waals surface area contributed by atoms with Crippen molar-refractivity contribution in [2.45, 2.75) is 63.9 Å². The van der Waals surface area contributed by atoms with Gasteiger partial charge in [0.1, 0.15) is 11.6 Å². The van der Waals surface area contributed by atoms with Crippen LogP contribution in [0.3, 0.4) is 0 Å². The van der Waals surface area contributed by atoms with E-state index in [1.54, 1.807) is 6.92 Å². The minimum Gasteiger partial charge on any atom is -0.490 e. The standard InChI is InChI=1S/C29H31ClN2OS.C3H6O2/c1-4-22(20-11-13-21(14-12-20)34-17-19-9-10-19)29-31-26-15-24(25(30)16-27(26)32-29)23-7-5-6-8-28(23)33-18(2)3;1-2-5-3-4/h5-8,11-16,18-19,22H,4,9-10,17H2,1-3H3,(H,31,32);3H,2H2,1H3. The summed E-state index contributed by atoms with van der Waals surface area (Å²) in [7, 11) is 0. The summed E-state index contributed by atoms with van der Waals surface area (Å²) in [6.07, 6.45) is 3.86. The van der Waals surface area contributed by atoms with Crippen molar-refractivity contribution in [1.29, 1.82) is 0 Å². The number of rotatable bonds is 11. The number of aromatic nitrogens is 2. The van der Waals surface area contributed by atoms with Crippen molar-refractivity contribution in [2.75, 3.05) is 12.4 Å². The minimum absolute atomic E-state index is 0.0875. The predicted octanol–water partition coefficient (Wildman–Crippen LogP) is 8.89. The molecule has 206 valence electrons. The van der Waals surface area contributed by atoms with Crippen molar-refractivity contribution in [2.24, 2.45) is 5.92 Å². The van der Waals surface area contributed by atoms with E-state index < -0.39 is 0 Å². The molecule has 1 unspecified atom stereocenters. The number of hydrogen-bond donors (Lipinski definition) is 1. The number of carbonyl (C=O) groups is 1. The van der Waals surface area contributed by atoms with Crippen LogP contribution in [0.2, 0.25) is 5.02 Å². The molecule has 7 heteroatoms. The van der Waals surface area contributed by atoms with Gasteiger partial charge in [0.2, 0.25) is 0 Å². The van der Waals surface area contributed by atoms with Gasteiger partial charge in [-0.25, -0.2) is 4.98 Å². The van der Waals surface area contributed by atoms with E-state index in [9.17, 15) is 4.79 Å². The molecule has 1 fully saturated rings. The van der Waals surface area contributed by atoms with Crippen LogP contribution in [-0.2, 0) is 9.53 Å². The van der Waals surface area contributed by atoms with E-state index in [2.05, 4.69) is 53.0 Å². The molecular formula is C32H37ClN2O3S. The van der Waals surface area contributed by atoms with Gasteiger partial charge in [0, 0.05) is 27.7 Å². The largest absolute Gasteiger partial charge is 0.490 e. The van der Waals surface area contributed by atoms with Gasteiger partial charge in [0.05, 0.1) is 28.8 Å². The summed E-state index contributed by atoms with van der Waals surface area (Å²) in [5.74, 6) is 4.21. The number of halogens is 1. The van der Waals surface area contributed by atoms with Gasteiger partial charge in [-0.05, 0) is 81.8 Å². The monoisotopic (exact) mass is 564 g/mol. The van der Waals surface area contributed by atoms with E-state index in [0.29, 0.717) is 18.1 Å². The van der Waals surface area contributed by atoms with Crippen molar-refractivity contribution >= 4 is 40.9 Å². The molecule has 0 spiro atoms. The van der Waals surface area contributed by atoms with Crippen LogP contribution in [-0.4, -0.2) is 34.9 Å². The Balaban J connectivity index is 0.000000648. The molecule has 0 saturated heterocycles. The summed E-state index contributed by atoms with van der Waals surface area (Å²) in [6, 6.07) is 21.1. The molecule has 0 aliphatic heterocycles. The normalized spacial score (nSPS) is 13.6. The third-order valence-electron chi connectivity index (χ3n) is 6.57. The van der Waals surface area contributed by atoms with E-state index in [-0.39, 0.29) is 12.0 Å². The van der Waals surface area contributed by atoms with Crippen molar-refractivity contribution in [3.63, 3.8) is 0 Å². The number of fused-ring (bicyclic) bond motifs is 1. The van der Waals surface area contributed by atoms with Gasteiger partial charge in [-0.2, -0.15) is 0 Å². The number of carbonyl (C=O) groups excluding carboxylic acids is 1. The fourth-order valence-electron chi connectivity index (χ4n) is 4.42. The molecule has 0 bridgehead atoms. The number of nitrogens with zero attached hydrogens (tertiary/aromatic N) is 1. The maximum Gasteiger partial charge on any atom is 0.293 e. The number of aromatic amines is 1. The average molecular weight is 565 g/mol. The summed E-state index contributed by atoms with van der Waals surface area (Å²) >= 11 is 8.73. The third-order valence-corrected chi connectivity index (χ3v) is 8.12. The molecule has 4 aromatic rings. The molecular weight excluding hydrogens is 528 g/mol. The summed E-state index contributed by atoms with van der Waals surface area (Å²) in [5.41, 5.74) is 5.09. The molecule has 1 heterocycles. The van der Waals surface area contributed by atoms with Gasteiger partial charge < -0.3 is 14.5 Å². The first-order chi connectivity index (χ1) is 18.9. The first kappa shape index (κ1) is 29.0. The zero-order valence-electron chi connectivity index (χ0n) is 23.1. The topological polar surface area (TPSA) is 64.2 Å². The highest BCUT2D eigenvalue weighted by molar-refractivity contribution is 7.99. The quantitative estimate of drug-likeness (QED) is 0.145. The van der Waals surface area contributed by atoms with Crippen LogP contribution in [0.5, 0.6) is 5.75 Å². The molecule has 0 radical (unpaired) electrons. The molecule has 1 aliphatic carbocycles. The first-order valence-corrected chi connectivity index (χ1v) is 15.0. The lowest BCUT2D eigenvalue weighted by atomic mass is 9.96. The molecule has 1 atom stereocenters. The molecule has 0 amide bonds. The number of hydrogen-bond acceptors (Lipinski definition) is 5. The molecule has 1 saturated carbocycles. The molecule has 3 aromatic carbocycles. The number of para-hydroxylation sites is 1. The van der Waals surface area contributed by atoms with Gasteiger partial charge in [-0.15, -0.1) is 11.8 Å². The molecule has 5 nitrogen and oxygen atoms in total. The number of thioether (sulfide) groups is 1. The smallest absolute Gasteiger partial charge is 0.293 e. The van der Waals surface area contributed by atoms with Crippen LogP contribution in [0.1, 0.15) is 64.3 Å². The van der Waals surface area contributed by atoms with E-state index in [0.717, 1.165) is 46.1 Å². The van der Waals surface area contributed by atoms with E-state index in [4.69, 9.17) is 21.3 Å². The van der Waals surface area contributed by atoms with Crippen LogP contribution in [0.4, 0.5) is 0 Å². The zero-order chi connectivity index (χ0) is 27.8. The van der Waals surface area contributed by atoms with Gasteiger partial charge in [-0.3, -0.25) is 4.79 Å². The second-order valence-electron chi connectivity index (χ2n) is 9.97. The molecule has 1 N–H and O–H groups in total. The summed E-state index contributed by atoms with van der Waals surface area (Å²) < 4.78 is 10.2. The van der Waals surface area contributed by atoms with Crippen LogP contribution >= 0.6 is 23.4 Å². The first-order valence-electron chi connectivity index (χ1n) is 13.7. The molecule has 1 aromatic heterocycles. The van der Waals surface area contributed by atoms with Gasteiger partial charge in [0.25, 0.3) is 6.47 Å². The Hall–Kier alpha value is -2.96. The lowest BCUT2D eigenvalue weighted by Gasteiger charge is -2.15. The average Bonchev–Trinajstić information content (AvgIpc) is 3.67.